The zero-order valence-corrected chi connectivity index (χ0v) is 58.2. The molecular weight excluding hydrogens is 1250 g/mol. The minimum atomic E-state index is -2.47. The maximum atomic E-state index is 16.5. The van der Waals surface area contributed by atoms with E-state index in [4.69, 9.17) is 33.2 Å². The van der Waals surface area contributed by atoms with Crippen molar-refractivity contribution in [2.24, 2.45) is 45.8 Å². The van der Waals surface area contributed by atoms with Gasteiger partial charge in [0, 0.05) is 57.4 Å². The van der Waals surface area contributed by atoms with Crippen LogP contribution in [-0.2, 0) is 61.9 Å². The number of aliphatic hydroxyl groups excluding tert-OH is 2. The monoisotopic (exact) mass is 1350 g/mol. The first kappa shape index (κ1) is 73.1. The summed E-state index contributed by atoms with van der Waals surface area (Å²) in [6.45, 7) is 18.5. The molecule has 0 radical (unpaired) electrons. The Morgan fingerprint density at radius 1 is 0.786 bits per heavy atom. The third-order valence-electron chi connectivity index (χ3n) is 23.0. The Hall–Kier alpha value is -7.58. The first-order valence-electron chi connectivity index (χ1n) is 35.1. The molecule has 19 nitrogen and oxygen atoms in total. The van der Waals surface area contributed by atoms with E-state index < -0.39 is 149 Å². The lowest BCUT2D eigenvalue weighted by Crippen LogP contribution is -2.80. The fraction of sp³-hybridized carbons (Fsp3) is 0.570. The molecule has 6 aliphatic carbocycles. The lowest BCUT2D eigenvalue weighted by atomic mass is 9.49. The van der Waals surface area contributed by atoms with E-state index in [-0.39, 0.29) is 42.2 Å². The summed E-state index contributed by atoms with van der Waals surface area (Å²) in [5.74, 6) is -8.89. The van der Waals surface area contributed by atoms with Crippen LogP contribution in [0.5, 0.6) is 0 Å². The number of allylic oxidation sites excluding steroid dienone is 4. The van der Waals surface area contributed by atoms with Crippen LogP contribution >= 0.6 is 0 Å². The van der Waals surface area contributed by atoms with Gasteiger partial charge >= 0.3 is 35.8 Å². The fourth-order valence-corrected chi connectivity index (χ4v) is 17.1. The van der Waals surface area contributed by atoms with Gasteiger partial charge in [0.1, 0.15) is 35.6 Å². The molecule has 17 atom stereocenters. The molecule has 1 heterocycles. The Kier molecular flexibility index (Phi) is 22.2. The number of ether oxygens (including phenoxy) is 7. The van der Waals surface area contributed by atoms with Crippen molar-refractivity contribution < 1.29 is 86.8 Å². The Balaban J connectivity index is 0.900. The normalized spacial score (nSPS) is 32.9. The number of nitrogens with one attached hydrogen (secondary N) is 1. The number of carbonyl (C=O) groups is 8. The number of carbonyl (C=O) groups excluding carboxylic acids is 8. The third kappa shape index (κ3) is 15.1. The van der Waals surface area contributed by atoms with Gasteiger partial charge in [0.2, 0.25) is 0 Å². The molecule has 1 amide bonds. The number of benzene rings is 3. The quantitative estimate of drug-likeness (QED) is 0.0438. The molecule has 1 saturated heterocycles. The van der Waals surface area contributed by atoms with E-state index in [0.29, 0.717) is 42.6 Å². The highest BCUT2D eigenvalue weighted by molar-refractivity contribution is 5.95. The van der Waals surface area contributed by atoms with Crippen LogP contribution in [-0.4, -0.2) is 129 Å². The number of fused-ring (bicyclic) bond motifs is 4. The summed E-state index contributed by atoms with van der Waals surface area (Å²) in [6, 6.07) is 22.7. The summed E-state index contributed by atoms with van der Waals surface area (Å²) in [7, 11) is 0. The molecule has 1 aliphatic heterocycles. The zero-order valence-electron chi connectivity index (χ0n) is 58.2. The molecule has 0 spiro atoms. The van der Waals surface area contributed by atoms with Crippen LogP contribution in [0.25, 0.3) is 0 Å². The van der Waals surface area contributed by atoms with Crippen molar-refractivity contribution in [2.75, 3.05) is 6.61 Å². The van der Waals surface area contributed by atoms with Crippen LogP contribution in [0.2, 0.25) is 0 Å². The lowest BCUT2D eigenvalue weighted by molar-refractivity contribution is -0.343. The molecule has 0 aromatic heterocycles. The second kappa shape index (κ2) is 29.7. The highest BCUT2D eigenvalue weighted by Crippen LogP contribution is 2.63. The molecule has 19 heteroatoms. The van der Waals surface area contributed by atoms with Gasteiger partial charge in [-0.2, -0.15) is 0 Å². The number of hydrogen-bond donors (Lipinski definition) is 4. The number of aliphatic hydroxyl groups is 3. The molecular formula is C79H99NO18. The topological polar surface area (TPSA) is 274 Å². The van der Waals surface area contributed by atoms with Gasteiger partial charge in [-0.15, -0.1) is 0 Å². The van der Waals surface area contributed by atoms with Crippen LogP contribution < -0.4 is 5.32 Å². The number of esters is 6. The van der Waals surface area contributed by atoms with Gasteiger partial charge in [-0.3, -0.25) is 28.8 Å². The Labute approximate surface area is 575 Å². The standard InChI is InChI=1S/C79H99NO18/c1-47(57-38-39-58-53(32-23-40-75(57,58)9)37-36-52-31-20-33-59(83)48(52)2)24-22-41-77(42-43-77)98-64(85)35-21-34-63(84)95-61-44-62-78(46-92-62,97-51(5)82)68-70(96-72(89)56-29-18-13-19-30-56)79(91,74(6,7)8)45-60(49(3)67(93-50(4)81)69(87)76(61,68)10)94-73(90)66(86)65(54-25-14-11-15-26-54)80-71(88)55-27-16-12-17-28-55/h11-19,22,24-30,36-37,47,49,57-62,65-68,70,83,86,91H,2,20-21,23,31-35,38-46H2,1,3-10H3,(H,80,88)/b24-22+,52-36-,53-37+/t47-,49?,57?,58?,59-,60?,61?,62?,65?,66?,67?,68?,70?,75+,76?,78?,79?/m0/s1. The molecule has 0 bridgehead atoms. The van der Waals surface area contributed by atoms with Crippen molar-refractivity contribution in [1.29, 1.82) is 0 Å². The van der Waals surface area contributed by atoms with E-state index in [1.807, 2.05) is 0 Å². The van der Waals surface area contributed by atoms with Crippen molar-refractivity contribution in [3.8, 4) is 0 Å². The van der Waals surface area contributed by atoms with Crippen molar-refractivity contribution in [2.45, 2.75) is 231 Å². The van der Waals surface area contributed by atoms with Crippen LogP contribution in [0, 0.1) is 45.8 Å². The summed E-state index contributed by atoms with van der Waals surface area (Å²) >= 11 is 0. The predicted octanol–water partition coefficient (Wildman–Crippen LogP) is 11.6. The highest BCUT2D eigenvalue weighted by Gasteiger charge is 2.77. The molecule has 98 heavy (non-hydrogen) atoms. The Morgan fingerprint density at radius 3 is 2.06 bits per heavy atom. The van der Waals surface area contributed by atoms with Crippen LogP contribution in [0.1, 0.15) is 197 Å². The largest absolute Gasteiger partial charge is 0.461 e. The first-order valence-corrected chi connectivity index (χ1v) is 35.1. The van der Waals surface area contributed by atoms with Gasteiger partial charge in [-0.1, -0.05) is 145 Å². The molecule has 7 aliphatic rings. The molecule has 3 aromatic carbocycles. The van der Waals surface area contributed by atoms with E-state index in [2.05, 4.69) is 50.0 Å². The van der Waals surface area contributed by atoms with E-state index in [9.17, 15) is 48.9 Å². The summed E-state index contributed by atoms with van der Waals surface area (Å²) in [5, 5.41) is 39.5. The van der Waals surface area contributed by atoms with E-state index in [0.717, 1.165) is 76.4 Å². The lowest BCUT2D eigenvalue weighted by Gasteiger charge is -2.65. The van der Waals surface area contributed by atoms with Crippen molar-refractivity contribution in [3.05, 3.63) is 155 Å². The van der Waals surface area contributed by atoms with Gasteiger partial charge in [-0.25, -0.2) is 9.59 Å². The minimum absolute atomic E-state index is 0.0153. The van der Waals surface area contributed by atoms with Crippen molar-refractivity contribution in [1.82, 2.24) is 5.32 Å². The summed E-state index contributed by atoms with van der Waals surface area (Å²) in [4.78, 5) is 116. The van der Waals surface area contributed by atoms with Crippen LogP contribution in [0.4, 0.5) is 0 Å². The average molecular weight is 1350 g/mol. The first-order chi connectivity index (χ1) is 46.4. The van der Waals surface area contributed by atoms with Crippen LogP contribution in [0.3, 0.4) is 0 Å². The molecule has 6 saturated carbocycles. The smallest absolute Gasteiger partial charge is 0.338 e. The highest BCUT2D eigenvalue weighted by atomic mass is 16.6. The minimum Gasteiger partial charge on any atom is -0.461 e. The Bertz CT molecular complexity index is 3550. The SMILES string of the molecule is C=C1/C(=C\C=C2/CCC[C@@]3(C)C2CCC3[C@@H](C)/C=C/CC2(OC(=O)CCCC(=O)OC3CC4OCC4(OC(C)=O)C4C(OC(=O)c5ccccc5)C(O)(C(C)(C)C)CC(OC(=O)C(O)C(NC(=O)c5ccccc5)c5ccccc5)C(C)C(OC(C)=O)C(=O)C34C)CC2)CCC[C@@H]1O. The second-order valence-electron chi connectivity index (χ2n) is 30.3. The molecule has 3 aromatic rings. The van der Waals surface area contributed by atoms with E-state index in [1.54, 1.807) is 99.6 Å². The maximum absolute atomic E-state index is 16.5. The third-order valence-corrected chi connectivity index (χ3v) is 23.0. The van der Waals surface area contributed by atoms with Gasteiger partial charge in [0.05, 0.1) is 35.6 Å². The summed E-state index contributed by atoms with van der Waals surface area (Å²) < 4.78 is 44.1. The molecule has 10 rings (SSSR count). The number of rotatable bonds is 21. The number of hydrogen-bond acceptors (Lipinski definition) is 18. The predicted molar refractivity (Wildman–Crippen MR) is 362 cm³/mol. The molecule has 14 unspecified atom stereocenters. The molecule has 7 fully saturated rings. The van der Waals surface area contributed by atoms with E-state index >= 15 is 4.79 Å². The zero-order chi connectivity index (χ0) is 70.7. The van der Waals surface area contributed by atoms with Crippen molar-refractivity contribution in [3.63, 3.8) is 0 Å². The van der Waals surface area contributed by atoms with Crippen LogP contribution in [0.15, 0.2) is 139 Å². The van der Waals surface area contributed by atoms with Gasteiger partial charge in [-0.05, 0) is 147 Å². The fourth-order valence-electron chi connectivity index (χ4n) is 17.1. The van der Waals surface area contributed by atoms with Gasteiger partial charge in [0.15, 0.2) is 23.6 Å². The summed E-state index contributed by atoms with van der Waals surface area (Å²) in [5.41, 5.74) is -4.58. The number of Topliss-reactive ketones (excluding diaryl/α,β-unsaturated/α-hetero) is 1. The summed E-state index contributed by atoms with van der Waals surface area (Å²) in [6.07, 6.45) is 6.77. The van der Waals surface area contributed by atoms with Crippen molar-refractivity contribution >= 4 is 47.5 Å². The molecule has 4 N–H and O–H groups in total. The molecule has 528 valence electrons. The van der Waals surface area contributed by atoms with Gasteiger partial charge in [0.25, 0.3) is 5.91 Å². The average Bonchev–Trinajstić information content (AvgIpc) is 0.843. The number of amides is 1. The number of ketones is 1. The van der Waals surface area contributed by atoms with E-state index in [1.165, 1.54) is 31.6 Å². The van der Waals surface area contributed by atoms with Gasteiger partial charge < -0.3 is 53.8 Å². The Morgan fingerprint density at radius 2 is 1.44 bits per heavy atom. The second-order valence-corrected chi connectivity index (χ2v) is 30.3. The maximum Gasteiger partial charge on any atom is 0.338 e.